The first kappa shape index (κ1) is 19.1. The number of rotatable bonds is 6. The Kier molecular flexibility index (Phi) is 6.67. The first-order chi connectivity index (χ1) is 12.0. The molecule has 1 aromatic carbocycles. The van der Waals surface area contributed by atoms with E-state index in [1.165, 1.54) is 7.11 Å². The molecule has 1 aromatic rings. The van der Waals surface area contributed by atoms with Gasteiger partial charge in [0.2, 0.25) is 5.91 Å². The van der Waals surface area contributed by atoms with Crippen LogP contribution in [0.4, 0.5) is 0 Å². The number of methoxy groups -OCH3 is 3. The molecule has 1 aliphatic rings. The molecule has 0 saturated carbocycles. The molecule has 1 saturated heterocycles. The maximum Gasteiger partial charge on any atom is 0.308 e. The lowest BCUT2D eigenvalue weighted by Crippen LogP contribution is -2.43. The number of nitrogens with zero attached hydrogens (tertiary/aromatic N) is 1. The van der Waals surface area contributed by atoms with Crippen molar-refractivity contribution in [3.8, 4) is 11.5 Å². The van der Waals surface area contributed by atoms with E-state index in [0.717, 1.165) is 5.56 Å². The van der Waals surface area contributed by atoms with Crippen LogP contribution in [-0.4, -0.2) is 51.2 Å². The Labute approximate surface area is 149 Å². The third-order valence-electron chi connectivity index (χ3n) is 4.75. The van der Waals surface area contributed by atoms with Gasteiger partial charge < -0.3 is 19.1 Å². The van der Waals surface area contributed by atoms with Crippen LogP contribution in [0.2, 0.25) is 0 Å². The van der Waals surface area contributed by atoms with Gasteiger partial charge in [0.25, 0.3) is 0 Å². The van der Waals surface area contributed by atoms with Gasteiger partial charge in [-0.2, -0.15) is 0 Å². The molecular formula is C19H27NO5. The molecule has 25 heavy (non-hydrogen) atoms. The molecule has 6 nitrogen and oxygen atoms in total. The van der Waals surface area contributed by atoms with E-state index in [2.05, 4.69) is 0 Å². The van der Waals surface area contributed by atoms with Crippen molar-refractivity contribution in [2.45, 2.75) is 26.2 Å². The molecule has 1 aliphatic heterocycles. The highest BCUT2D eigenvalue weighted by atomic mass is 16.5. The number of hydrogen-bond acceptors (Lipinski definition) is 5. The number of esters is 1. The highest BCUT2D eigenvalue weighted by molar-refractivity contribution is 5.79. The maximum absolute atomic E-state index is 12.7. The lowest BCUT2D eigenvalue weighted by atomic mass is 9.94. The Hall–Kier alpha value is -2.24. The van der Waals surface area contributed by atoms with E-state index < -0.39 is 0 Å². The van der Waals surface area contributed by atoms with Crippen molar-refractivity contribution in [2.24, 2.45) is 11.8 Å². The second-order valence-electron chi connectivity index (χ2n) is 6.42. The van der Waals surface area contributed by atoms with E-state index in [9.17, 15) is 9.59 Å². The van der Waals surface area contributed by atoms with Crippen LogP contribution in [0.25, 0.3) is 0 Å². The SMILES string of the molecule is COC(=O)C1CCN(C(=O)C(C)Cc2ccc(OC)c(OC)c2)CC1. The quantitative estimate of drug-likeness (QED) is 0.737. The average molecular weight is 349 g/mol. The van der Waals surface area contributed by atoms with Crippen LogP contribution in [0.5, 0.6) is 11.5 Å². The number of carbonyl (C=O) groups excluding carboxylic acids is 2. The first-order valence-electron chi connectivity index (χ1n) is 8.57. The van der Waals surface area contributed by atoms with Gasteiger partial charge in [0, 0.05) is 19.0 Å². The van der Waals surface area contributed by atoms with Crippen molar-refractivity contribution in [1.82, 2.24) is 4.90 Å². The normalized spacial score (nSPS) is 16.2. The second kappa shape index (κ2) is 8.74. The van der Waals surface area contributed by atoms with Crippen molar-refractivity contribution in [3.63, 3.8) is 0 Å². The molecule has 1 amide bonds. The zero-order valence-corrected chi connectivity index (χ0v) is 15.4. The van der Waals surface area contributed by atoms with E-state index >= 15 is 0 Å². The average Bonchev–Trinajstić information content (AvgIpc) is 2.66. The van der Waals surface area contributed by atoms with Crippen LogP contribution in [-0.2, 0) is 20.7 Å². The minimum absolute atomic E-state index is 0.0878. The fraction of sp³-hybridized carbons (Fsp3) is 0.579. The van der Waals surface area contributed by atoms with Gasteiger partial charge in [0.15, 0.2) is 11.5 Å². The van der Waals surface area contributed by atoms with Crippen molar-refractivity contribution in [3.05, 3.63) is 23.8 Å². The highest BCUT2D eigenvalue weighted by Gasteiger charge is 2.29. The van der Waals surface area contributed by atoms with Crippen LogP contribution in [0.1, 0.15) is 25.3 Å². The van der Waals surface area contributed by atoms with Gasteiger partial charge in [-0.15, -0.1) is 0 Å². The van der Waals surface area contributed by atoms with E-state index in [-0.39, 0.29) is 23.7 Å². The molecular weight excluding hydrogens is 322 g/mol. The third kappa shape index (κ3) is 4.65. The van der Waals surface area contributed by atoms with Crippen molar-refractivity contribution < 1.29 is 23.8 Å². The van der Waals surface area contributed by atoms with Crippen molar-refractivity contribution >= 4 is 11.9 Å². The summed E-state index contributed by atoms with van der Waals surface area (Å²) in [6.07, 6.45) is 1.97. The summed E-state index contributed by atoms with van der Waals surface area (Å²) in [5.41, 5.74) is 1.03. The largest absolute Gasteiger partial charge is 0.493 e. The van der Waals surface area contributed by atoms with Crippen LogP contribution in [0.15, 0.2) is 18.2 Å². The number of amides is 1. The molecule has 0 aromatic heterocycles. The highest BCUT2D eigenvalue weighted by Crippen LogP contribution is 2.29. The molecule has 1 unspecified atom stereocenters. The first-order valence-corrected chi connectivity index (χ1v) is 8.57. The Morgan fingerprint density at radius 2 is 1.76 bits per heavy atom. The number of piperidine rings is 1. The molecule has 1 fully saturated rings. The molecule has 0 N–H and O–H groups in total. The maximum atomic E-state index is 12.7. The summed E-state index contributed by atoms with van der Waals surface area (Å²) >= 11 is 0. The van der Waals surface area contributed by atoms with Gasteiger partial charge in [-0.1, -0.05) is 13.0 Å². The number of carbonyl (C=O) groups is 2. The number of ether oxygens (including phenoxy) is 3. The summed E-state index contributed by atoms with van der Waals surface area (Å²) in [6, 6.07) is 5.72. The van der Waals surface area contributed by atoms with Crippen molar-refractivity contribution in [1.29, 1.82) is 0 Å². The zero-order chi connectivity index (χ0) is 18.4. The number of likely N-dealkylation sites (tertiary alicyclic amines) is 1. The van der Waals surface area contributed by atoms with E-state index in [4.69, 9.17) is 14.2 Å². The predicted octanol–water partition coefficient (Wildman–Crippen LogP) is 2.29. The molecule has 0 spiro atoms. The lowest BCUT2D eigenvalue weighted by molar-refractivity contribution is -0.149. The van der Waals surface area contributed by atoms with Gasteiger partial charge in [0.1, 0.15) is 0 Å². The minimum atomic E-state index is -0.175. The predicted molar refractivity (Wildman–Crippen MR) is 93.7 cm³/mol. The summed E-state index contributed by atoms with van der Waals surface area (Å²) in [5.74, 6) is 1.07. The van der Waals surface area contributed by atoms with E-state index in [1.54, 1.807) is 14.2 Å². The fourth-order valence-corrected chi connectivity index (χ4v) is 3.26. The topological polar surface area (TPSA) is 65.1 Å². The van der Waals surface area contributed by atoms with Gasteiger partial charge in [-0.25, -0.2) is 0 Å². The summed E-state index contributed by atoms with van der Waals surface area (Å²) in [5, 5.41) is 0. The smallest absolute Gasteiger partial charge is 0.308 e. The van der Waals surface area contributed by atoms with Gasteiger partial charge in [-0.05, 0) is 37.0 Å². The molecule has 0 bridgehead atoms. The molecule has 0 aliphatic carbocycles. The summed E-state index contributed by atoms with van der Waals surface area (Å²) < 4.78 is 15.3. The van der Waals surface area contributed by atoms with Gasteiger partial charge in [-0.3, -0.25) is 9.59 Å². The Bertz CT molecular complexity index is 608. The lowest BCUT2D eigenvalue weighted by Gasteiger charge is -2.32. The molecule has 6 heteroatoms. The molecule has 2 rings (SSSR count). The zero-order valence-electron chi connectivity index (χ0n) is 15.4. The van der Waals surface area contributed by atoms with Gasteiger partial charge >= 0.3 is 5.97 Å². The summed E-state index contributed by atoms with van der Waals surface area (Å²) in [7, 11) is 4.61. The minimum Gasteiger partial charge on any atom is -0.493 e. The fourth-order valence-electron chi connectivity index (χ4n) is 3.26. The standard InChI is InChI=1S/C19H27NO5/c1-13(11-14-5-6-16(23-2)17(12-14)24-3)18(21)20-9-7-15(8-10-20)19(22)25-4/h5-6,12-13,15H,7-11H2,1-4H3. The monoisotopic (exact) mass is 349 g/mol. The van der Waals surface area contributed by atoms with Crippen molar-refractivity contribution in [2.75, 3.05) is 34.4 Å². The summed E-state index contributed by atoms with van der Waals surface area (Å²) in [6.45, 7) is 3.15. The Morgan fingerprint density at radius 3 is 2.32 bits per heavy atom. The van der Waals surface area contributed by atoms with E-state index in [1.807, 2.05) is 30.0 Å². The molecule has 1 atom stereocenters. The Balaban J connectivity index is 1.94. The van der Waals surface area contributed by atoms with Crippen LogP contribution < -0.4 is 9.47 Å². The summed E-state index contributed by atoms with van der Waals surface area (Å²) in [4.78, 5) is 26.1. The van der Waals surface area contributed by atoms with Crippen LogP contribution in [0, 0.1) is 11.8 Å². The third-order valence-corrected chi connectivity index (χ3v) is 4.75. The number of benzene rings is 1. The Morgan fingerprint density at radius 1 is 1.12 bits per heavy atom. The molecule has 0 radical (unpaired) electrons. The molecule has 138 valence electrons. The van der Waals surface area contributed by atoms with E-state index in [0.29, 0.717) is 43.9 Å². The van der Waals surface area contributed by atoms with Crippen LogP contribution in [0.3, 0.4) is 0 Å². The number of hydrogen-bond donors (Lipinski definition) is 0. The second-order valence-corrected chi connectivity index (χ2v) is 6.42. The molecule has 1 heterocycles. The van der Waals surface area contributed by atoms with Crippen LogP contribution >= 0.6 is 0 Å². The van der Waals surface area contributed by atoms with Gasteiger partial charge in [0.05, 0.1) is 27.2 Å².